The van der Waals surface area contributed by atoms with Gasteiger partial charge >= 0.3 is 5.97 Å². The van der Waals surface area contributed by atoms with Gasteiger partial charge in [0, 0.05) is 17.7 Å². The maximum atomic E-state index is 13.6. The van der Waals surface area contributed by atoms with E-state index in [1.165, 1.54) is 12.1 Å². The first-order valence-corrected chi connectivity index (χ1v) is 11.9. The molecule has 0 spiro atoms. The van der Waals surface area contributed by atoms with Gasteiger partial charge in [0.2, 0.25) is 0 Å². The van der Waals surface area contributed by atoms with E-state index in [0.717, 1.165) is 10.5 Å². The summed E-state index contributed by atoms with van der Waals surface area (Å²) in [6, 6.07) is 20.0. The number of ether oxygens (including phenoxy) is 2. The quantitative estimate of drug-likeness (QED) is 0.285. The lowest BCUT2D eigenvalue weighted by atomic mass is 9.91. The van der Waals surface area contributed by atoms with Gasteiger partial charge < -0.3 is 14.8 Å². The molecule has 1 aliphatic heterocycles. The molecule has 1 N–H and O–H groups in total. The van der Waals surface area contributed by atoms with Crippen molar-refractivity contribution in [3.05, 3.63) is 95.1 Å². The third kappa shape index (κ3) is 5.59. The van der Waals surface area contributed by atoms with Gasteiger partial charge in [-0.2, -0.15) is 0 Å². The van der Waals surface area contributed by atoms with Crippen LogP contribution in [0.1, 0.15) is 45.7 Å². The zero-order valence-electron chi connectivity index (χ0n) is 20.5. The molecule has 1 heterocycles. The highest BCUT2D eigenvalue weighted by molar-refractivity contribution is 6.43. The number of anilines is 1. The summed E-state index contributed by atoms with van der Waals surface area (Å²) in [5.74, 6) is -1.10. The van der Waals surface area contributed by atoms with Gasteiger partial charge in [-0.05, 0) is 73.5 Å². The maximum absolute atomic E-state index is 13.6. The summed E-state index contributed by atoms with van der Waals surface area (Å²) in [7, 11) is 0. The Bertz CT molecular complexity index is 1360. The summed E-state index contributed by atoms with van der Waals surface area (Å²) >= 11 is 0. The number of carbonyl (C=O) groups excluding carboxylic acids is 4. The molecule has 0 fully saturated rings. The lowest BCUT2D eigenvalue weighted by Crippen LogP contribution is -2.41. The van der Waals surface area contributed by atoms with Crippen molar-refractivity contribution in [2.24, 2.45) is 0 Å². The Labute approximate surface area is 214 Å². The van der Waals surface area contributed by atoms with E-state index in [2.05, 4.69) is 5.32 Å². The van der Waals surface area contributed by atoms with Gasteiger partial charge in [-0.15, -0.1) is 0 Å². The number of likely N-dealkylation sites (N-methyl/N-ethyl adjacent to an activating group) is 1. The second-order valence-corrected chi connectivity index (χ2v) is 8.13. The van der Waals surface area contributed by atoms with Crippen LogP contribution in [0.4, 0.5) is 5.69 Å². The molecule has 0 aromatic heterocycles. The number of esters is 1. The van der Waals surface area contributed by atoms with Crippen LogP contribution in [-0.2, 0) is 14.3 Å². The molecular formula is C29H26N2O6. The fourth-order valence-corrected chi connectivity index (χ4v) is 3.91. The van der Waals surface area contributed by atoms with Crippen LogP contribution in [0.2, 0.25) is 0 Å². The maximum Gasteiger partial charge on any atom is 0.338 e. The van der Waals surface area contributed by atoms with E-state index in [1.54, 1.807) is 73.7 Å². The minimum Gasteiger partial charge on any atom is -0.484 e. The van der Waals surface area contributed by atoms with E-state index in [9.17, 15) is 19.2 Å². The highest BCUT2D eigenvalue weighted by atomic mass is 16.5. The number of rotatable bonds is 8. The number of fused-ring (bicyclic) bond motifs is 1. The SMILES string of the molecule is CCNC(=O)COc1ccc(/C=C2\C(=O)N(c3ccc(C(=O)OCC)cc3)C(=O)c3ccccc32)cc1. The standard InChI is InChI=1S/C29H26N2O6/c1-3-30-26(32)18-37-22-15-9-19(10-16-22)17-25-23-7-5-6-8-24(23)27(33)31(28(25)34)21-13-11-20(12-14-21)29(35)36-4-2/h5-17H,3-4,18H2,1-2H3,(H,30,32)/b25-17-. The average molecular weight is 499 g/mol. The number of amides is 3. The van der Waals surface area contributed by atoms with Crippen LogP contribution in [0.15, 0.2) is 72.8 Å². The Morgan fingerprint density at radius 1 is 0.865 bits per heavy atom. The lowest BCUT2D eigenvalue weighted by Gasteiger charge is -2.28. The summed E-state index contributed by atoms with van der Waals surface area (Å²) in [5, 5.41) is 2.66. The van der Waals surface area contributed by atoms with E-state index in [4.69, 9.17) is 9.47 Å². The molecule has 0 bridgehead atoms. The smallest absolute Gasteiger partial charge is 0.338 e. The monoisotopic (exact) mass is 498 g/mol. The van der Waals surface area contributed by atoms with Crippen molar-refractivity contribution in [3.8, 4) is 5.75 Å². The number of carbonyl (C=O) groups is 4. The average Bonchev–Trinajstić information content (AvgIpc) is 2.91. The van der Waals surface area contributed by atoms with Gasteiger partial charge in [-0.25, -0.2) is 9.69 Å². The third-order valence-corrected chi connectivity index (χ3v) is 5.66. The van der Waals surface area contributed by atoms with Gasteiger partial charge in [0.1, 0.15) is 5.75 Å². The van der Waals surface area contributed by atoms with Crippen molar-refractivity contribution < 1.29 is 28.7 Å². The van der Waals surface area contributed by atoms with E-state index < -0.39 is 17.8 Å². The fourth-order valence-electron chi connectivity index (χ4n) is 3.91. The largest absolute Gasteiger partial charge is 0.484 e. The molecule has 0 atom stereocenters. The lowest BCUT2D eigenvalue weighted by molar-refractivity contribution is -0.123. The summed E-state index contributed by atoms with van der Waals surface area (Å²) in [6.45, 7) is 4.23. The topological polar surface area (TPSA) is 102 Å². The van der Waals surface area contributed by atoms with Crippen molar-refractivity contribution in [3.63, 3.8) is 0 Å². The molecule has 3 aromatic rings. The molecule has 8 nitrogen and oxygen atoms in total. The first kappa shape index (κ1) is 25.4. The van der Waals surface area contributed by atoms with Crippen LogP contribution >= 0.6 is 0 Å². The van der Waals surface area contributed by atoms with Gasteiger partial charge in [0.25, 0.3) is 17.7 Å². The minimum absolute atomic E-state index is 0.0911. The number of nitrogens with one attached hydrogen (secondary N) is 1. The van der Waals surface area contributed by atoms with Crippen LogP contribution in [0.5, 0.6) is 5.75 Å². The van der Waals surface area contributed by atoms with Gasteiger partial charge in [0.05, 0.1) is 17.9 Å². The van der Waals surface area contributed by atoms with Crippen LogP contribution in [0.25, 0.3) is 11.6 Å². The molecular weight excluding hydrogens is 472 g/mol. The highest BCUT2D eigenvalue weighted by Crippen LogP contribution is 2.33. The first-order chi connectivity index (χ1) is 17.9. The molecule has 3 amide bonds. The molecule has 0 saturated carbocycles. The molecule has 1 aliphatic rings. The molecule has 0 unspecified atom stereocenters. The van der Waals surface area contributed by atoms with Crippen molar-refractivity contribution in [2.45, 2.75) is 13.8 Å². The Morgan fingerprint density at radius 2 is 1.54 bits per heavy atom. The van der Waals surface area contributed by atoms with Crippen molar-refractivity contribution in [1.29, 1.82) is 0 Å². The molecule has 4 rings (SSSR count). The summed E-state index contributed by atoms with van der Waals surface area (Å²) in [6.07, 6.45) is 1.71. The Balaban J connectivity index is 1.64. The number of hydrogen-bond acceptors (Lipinski definition) is 6. The first-order valence-electron chi connectivity index (χ1n) is 11.9. The second kappa shape index (κ2) is 11.3. The number of nitrogens with zero attached hydrogens (tertiary/aromatic N) is 1. The van der Waals surface area contributed by atoms with Crippen LogP contribution in [0, 0.1) is 0 Å². The van der Waals surface area contributed by atoms with E-state index in [0.29, 0.717) is 40.2 Å². The van der Waals surface area contributed by atoms with Gasteiger partial charge in [0.15, 0.2) is 6.61 Å². The van der Waals surface area contributed by atoms with Gasteiger partial charge in [-0.3, -0.25) is 14.4 Å². The normalized spacial score (nSPS) is 13.8. The Hall–Kier alpha value is -4.72. The summed E-state index contributed by atoms with van der Waals surface area (Å²) < 4.78 is 10.5. The molecule has 0 saturated heterocycles. The van der Waals surface area contributed by atoms with E-state index >= 15 is 0 Å². The number of imide groups is 1. The third-order valence-electron chi connectivity index (χ3n) is 5.66. The number of benzene rings is 3. The van der Waals surface area contributed by atoms with Gasteiger partial charge in [-0.1, -0.05) is 30.3 Å². The van der Waals surface area contributed by atoms with E-state index in [1.807, 2.05) is 6.92 Å². The van der Waals surface area contributed by atoms with Crippen LogP contribution < -0.4 is 15.0 Å². The van der Waals surface area contributed by atoms with Crippen molar-refractivity contribution in [2.75, 3.05) is 24.7 Å². The predicted octanol–water partition coefficient (Wildman–Crippen LogP) is 4.11. The van der Waals surface area contributed by atoms with E-state index in [-0.39, 0.29) is 19.1 Å². The number of hydrogen-bond donors (Lipinski definition) is 1. The van der Waals surface area contributed by atoms with Crippen LogP contribution in [-0.4, -0.2) is 43.4 Å². The fraction of sp³-hybridized carbons (Fsp3) is 0.172. The second-order valence-electron chi connectivity index (χ2n) is 8.13. The molecule has 8 heteroatoms. The Kier molecular flexibility index (Phi) is 7.78. The Morgan fingerprint density at radius 3 is 2.19 bits per heavy atom. The molecule has 0 radical (unpaired) electrons. The predicted molar refractivity (Wildman–Crippen MR) is 139 cm³/mol. The molecule has 0 aliphatic carbocycles. The molecule has 188 valence electrons. The highest BCUT2D eigenvalue weighted by Gasteiger charge is 2.35. The zero-order chi connectivity index (χ0) is 26.4. The minimum atomic E-state index is -0.482. The van der Waals surface area contributed by atoms with Crippen molar-refractivity contribution in [1.82, 2.24) is 5.32 Å². The van der Waals surface area contributed by atoms with Crippen molar-refractivity contribution >= 4 is 41.0 Å². The summed E-state index contributed by atoms with van der Waals surface area (Å²) in [5.41, 5.74) is 2.67. The molecule has 3 aromatic carbocycles. The molecule has 37 heavy (non-hydrogen) atoms. The van der Waals surface area contributed by atoms with Crippen LogP contribution in [0.3, 0.4) is 0 Å². The zero-order valence-corrected chi connectivity index (χ0v) is 20.5. The summed E-state index contributed by atoms with van der Waals surface area (Å²) in [4.78, 5) is 51.6.